The molecule has 0 aliphatic heterocycles. The van der Waals surface area contributed by atoms with Crippen molar-refractivity contribution < 1.29 is 9.53 Å². The van der Waals surface area contributed by atoms with Crippen LogP contribution < -0.4 is 4.74 Å². The number of aromatic nitrogens is 1. The first kappa shape index (κ1) is 12.3. The van der Waals surface area contributed by atoms with Crippen molar-refractivity contribution in [2.45, 2.75) is 20.3 Å². The minimum absolute atomic E-state index is 0.231. The van der Waals surface area contributed by atoms with Crippen molar-refractivity contribution in [3.8, 4) is 17.0 Å². The predicted molar refractivity (Wildman–Crippen MR) is 70.3 cm³/mol. The first-order valence-corrected chi connectivity index (χ1v) is 5.93. The number of hydrogen-bond acceptors (Lipinski definition) is 3. The van der Waals surface area contributed by atoms with E-state index >= 15 is 0 Å². The molecule has 18 heavy (non-hydrogen) atoms. The van der Waals surface area contributed by atoms with Crippen molar-refractivity contribution in [3.63, 3.8) is 0 Å². The Morgan fingerprint density at radius 3 is 2.78 bits per heavy atom. The van der Waals surface area contributed by atoms with Crippen molar-refractivity contribution >= 4 is 5.97 Å². The van der Waals surface area contributed by atoms with Gasteiger partial charge in [0, 0.05) is 18.2 Å². The summed E-state index contributed by atoms with van der Waals surface area (Å²) in [6.45, 7) is 3.78. The molecule has 0 atom stereocenters. The largest absolute Gasteiger partial charge is 0.427 e. The van der Waals surface area contributed by atoms with Crippen LogP contribution in [0, 0.1) is 6.92 Å². The lowest BCUT2D eigenvalue weighted by Gasteiger charge is -2.08. The minimum atomic E-state index is -0.231. The molecule has 0 N–H and O–H groups in total. The molecule has 1 aromatic heterocycles. The summed E-state index contributed by atoms with van der Waals surface area (Å²) in [6, 6.07) is 11.3. The first-order valence-electron chi connectivity index (χ1n) is 5.93. The lowest BCUT2D eigenvalue weighted by Crippen LogP contribution is -2.05. The van der Waals surface area contributed by atoms with Crippen LogP contribution in [0.3, 0.4) is 0 Å². The lowest BCUT2D eigenvalue weighted by molar-refractivity contribution is -0.134. The van der Waals surface area contributed by atoms with E-state index in [9.17, 15) is 4.79 Å². The molecule has 3 heteroatoms. The van der Waals surface area contributed by atoms with Gasteiger partial charge in [-0.15, -0.1) is 0 Å². The average molecular weight is 241 g/mol. The molecule has 0 radical (unpaired) electrons. The minimum Gasteiger partial charge on any atom is -0.427 e. The average Bonchev–Trinajstić information content (AvgIpc) is 2.42. The highest BCUT2D eigenvalue weighted by atomic mass is 16.5. The number of carbonyl (C=O) groups excluding carboxylic acids is 1. The molecule has 0 spiro atoms. The number of pyridine rings is 1. The van der Waals surface area contributed by atoms with Gasteiger partial charge in [0.2, 0.25) is 0 Å². The van der Waals surface area contributed by atoms with E-state index in [1.165, 1.54) is 0 Å². The van der Waals surface area contributed by atoms with Crippen molar-refractivity contribution in [2.24, 2.45) is 0 Å². The summed E-state index contributed by atoms with van der Waals surface area (Å²) in [6.07, 6.45) is 2.12. The highest BCUT2D eigenvalue weighted by Gasteiger charge is 2.07. The predicted octanol–water partition coefficient (Wildman–Crippen LogP) is 3.37. The summed E-state index contributed by atoms with van der Waals surface area (Å²) in [5.74, 6) is 0.332. The van der Waals surface area contributed by atoms with Gasteiger partial charge < -0.3 is 4.74 Å². The molecule has 1 heterocycles. The van der Waals surface area contributed by atoms with Gasteiger partial charge in [-0.25, -0.2) is 0 Å². The second-order valence-corrected chi connectivity index (χ2v) is 4.02. The van der Waals surface area contributed by atoms with E-state index in [2.05, 4.69) is 4.98 Å². The molecule has 0 saturated carbocycles. The van der Waals surface area contributed by atoms with Crippen LogP contribution in [0.2, 0.25) is 0 Å². The number of carbonyl (C=O) groups is 1. The maximum atomic E-state index is 11.3. The van der Waals surface area contributed by atoms with Gasteiger partial charge in [0.05, 0.1) is 5.69 Å². The molecule has 0 fully saturated rings. The zero-order valence-electron chi connectivity index (χ0n) is 10.5. The molecule has 0 aliphatic carbocycles. The Morgan fingerprint density at radius 1 is 1.28 bits per heavy atom. The number of hydrogen-bond donors (Lipinski definition) is 0. The van der Waals surface area contributed by atoms with Gasteiger partial charge in [-0.05, 0) is 36.8 Å². The number of rotatable bonds is 3. The number of benzene rings is 1. The Bertz CT molecular complexity index is 550. The van der Waals surface area contributed by atoms with Gasteiger partial charge in [-0.3, -0.25) is 9.78 Å². The Labute approximate surface area is 106 Å². The normalized spacial score (nSPS) is 10.1. The summed E-state index contributed by atoms with van der Waals surface area (Å²) in [4.78, 5) is 15.6. The highest BCUT2D eigenvalue weighted by molar-refractivity contribution is 5.73. The van der Waals surface area contributed by atoms with Crippen LogP contribution >= 0.6 is 0 Å². The van der Waals surface area contributed by atoms with Crippen molar-refractivity contribution in [1.82, 2.24) is 4.98 Å². The Balaban J connectivity index is 2.36. The number of esters is 1. The molecule has 0 unspecified atom stereocenters. The van der Waals surface area contributed by atoms with Crippen molar-refractivity contribution in [2.75, 3.05) is 0 Å². The molecule has 0 saturated heterocycles. The number of nitrogens with zero attached hydrogens (tertiary/aromatic N) is 1. The Kier molecular flexibility index (Phi) is 3.72. The third-order valence-electron chi connectivity index (χ3n) is 2.67. The van der Waals surface area contributed by atoms with E-state index in [1.807, 2.05) is 37.3 Å². The van der Waals surface area contributed by atoms with E-state index < -0.39 is 0 Å². The van der Waals surface area contributed by atoms with E-state index in [-0.39, 0.29) is 5.97 Å². The summed E-state index contributed by atoms with van der Waals surface area (Å²) < 4.78 is 5.21. The van der Waals surface area contributed by atoms with Gasteiger partial charge in [0.25, 0.3) is 0 Å². The van der Waals surface area contributed by atoms with Crippen molar-refractivity contribution in [3.05, 3.63) is 48.2 Å². The Morgan fingerprint density at radius 2 is 2.11 bits per heavy atom. The third kappa shape index (κ3) is 2.74. The van der Waals surface area contributed by atoms with Gasteiger partial charge >= 0.3 is 5.97 Å². The summed E-state index contributed by atoms with van der Waals surface area (Å²) in [5.41, 5.74) is 2.96. The molecular weight excluding hydrogens is 226 g/mol. The first-order chi connectivity index (χ1) is 8.70. The van der Waals surface area contributed by atoms with Gasteiger partial charge in [-0.2, -0.15) is 0 Å². The van der Waals surface area contributed by atoms with Crippen LogP contribution in [0.5, 0.6) is 5.75 Å². The van der Waals surface area contributed by atoms with Crippen LogP contribution in [0.15, 0.2) is 42.6 Å². The van der Waals surface area contributed by atoms with Gasteiger partial charge in [-0.1, -0.05) is 19.1 Å². The third-order valence-corrected chi connectivity index (χ3v) is 2.67. The molecule has 0 aliphatic rings. The smallest absolute Gasteiger partial charge is 0.310 e. The molecule has 2 rings (SSSR count). The maximum absolute atomic E-state index is 11.3. The van der Waals surface area contributed by atoms with Crippen LogP contribution in [0.4, 0.5) is 0 Å². The summed E-state index contributed by atoms with van der Waals surface area (Å²) in [5, 5.41) is 0. The zero-order valence-corrected chi connectivity index (χ0v) is 10.5. The summed E-state index contributed by atoms with van der Waals surface area (Å²) >= 11 is 0. The fourth-order valence-electron chi connectivity index (χ4n) is 1.67. The van der Waals surface area contributed by atoms with E-state index in [1.54, 1.807) is 19.2 Å². The number of aryl methyl sites for hydroxylation is 1. The molecular formula is C15H15NO2. The second kappa shape index (κ2) is 5.45. The Hall–Kier alpha value is -2.16. The zero-order chi connectivity index (χ0) is 13.0. The number of ether oxygens (including phenoxy) is 1. The van der Waals surface area contributed by atoms with Crippen molar-refractivity contribution in [1.29, 1.82) is 0 Å². The molecule has 2 aromatic rings. The topological polar surface area (TPSA) is 39.2 Å². The molecule has 0 amide bonds. The monoisotopic (exact) mass is 241 g/mol. The van der Waals surface area contributed by atoms with Crippen LogP contribution in [0.25, 0.3) is 11.3 Å². The van der Waals surface area contributed by atoms with E-state index in [4.69, 9.17) is 4.74 Å². The highest BCUT2D eigenvalue weighted by Crippen LogP contribution is 2.26. The fourth-order valence-corrected chi connectivity index (χ4v) is 1.67. The van der Waals surface area contributed by atoms with Crippen LogP contribution in [-0.4, -0.2) is 11.0 Å². The second-order valence-electron chi connectivity index (χ2n) is 4.02. The fraction of sp³-hybridized carbons (Fsp3) is 0.200. The maximum Gasteiger partial charge on any atom is 0.310 e. The van der Waals surface area contributed by atoms with Gasteiger partial charge in [0.15, 0.2) is 0 Å². The van der Waals surface area contributed by atoms with Gasteiger partial charge in [0.1, 0.15) is 5.75 Å². The molecule has 92 valence electrons. The quantitative estimate of drug-likeness (QED) is 0.611. The van der Waals surface area contributed by atoms with E-state index in [0.717, 1.165) is 16.8 Å². The summed E-state index contributed by atoms with van der Waals surface area (Å²) in [7, 11) is 0. The molecule has 0 bridgehead atoms. The standard InChI is InChI=1S/C15H15NO2/c1-3-15(17)18-12-8-7-11(2)13(10-12)14-6-4-5-9-16-14/h4-10H,3H2,1-2H3. The SMILES string of the molecule is CCC(=O)Oc1ccc(C)c(-c2ccccn2)c1. The van der Waals surface area contributed by atoms with E-state index in [0.29, 0.717) is 12.2 Å². The molecule has 1 aromatic carbocycles. The lowest BCUT2D eigenvalue weighted by atomic mass is 10.0. The van der Waals surface area contributed by atoms with Crippen LogP contribution in [0.1, 0.15) is 18.9 Å². The molecule has 3 nitrogen and oxygen atoms in total. The van der Waals surface area contributed by atoms with Crippen LogP contribution in [-0.2, 0) is 4.79 Å².